The Kier molecular flexibility index (Phi) is 5.69. The average molecular weight is 899 g/mol. The van der Waals surface area contributed by atoms with Gasteiger partial charge in [-0.2, -0.15) is 30.7 Å². The van der Waals surface area contributed by atoms with E-state index in [4.69, 9.17) is 4.74 Å². The molecular weight excluding hydrogens is 846 g/mol. The number of methoxy groups -OCH3 is 1. The maximum atomic E-state index is 16.8. The number of alkyl halides is 6. The zero-order chi connectivity index (χ0) is 42.3. The number of halogens is 7. The fourth-order valence-corrected chi connectivity index (χ4v) is 28.6. The van der Waals surface area contributed by atoms with E-state index in [1.807, 2.05) is 11.1 Å². The third-order valence-electron chi connectivity index (χ3n) is 26.7. The van der Waals surface area contributed by atoms with Gasteiger partial charge in [0.05, 0.1) is 7.11 Å². The van der Waals surface area contributed by atoms with Crippen LogP contribution in [0.1, 0.15) is 60.9 Å². The molecule has 0 saturated heterocycles. The first kappa shape index (κ1) is 36.0. The number of allylic oxidation sites excluding steroid dienone is 6. The van der Waals surface area contributed by atoms with Crippen molar-refractivity contribution in [3.63, 3.8) is 0 Å². The Morgan fingerprint density at radius 2 is 1.12 bits per heavy atom. The quantitative estimate of drug-likeness (QED) is 0.167. The molecule has 0 bridgehead atoms. The molecule has 1 aromatic rings. The van der Waals surface area contributed by atoms with E-state index in [1.165, 1.54) is 26.4 Å². The van der Waals surface area contributed by atoms with Crippen LogP contribution in [0.5, 0.6) is 0 Å². The lowest BCUT2D eigenvalue weighted by atomic mass is 9.43. The van der Waals surface area contributed by atoms with Crippen LogP contribution in [0, 0.1) is 183 Å². The molecule has 1 aromatic heterocycles. The fraction of sp³-hybridized carbons (Fsp3) is 0.796. The Morgan fingerprint density at radius 3 is 1.84 bits per heavy atom. The lowest BCUT2D eigenvalue weighted by molar-refractivity contribution is -0.322. The maximum absolute atomic E-state index is 16.8. The Morgan fingerprint density at radius 1 is 0.609 bits per heavy atom. The predicted molar refractivity (Wildman–Crippen MR) is 218 cm³/mol. The molecule has 18 aliphatic carbocycles. The molecule has 64 heavy (non-hydrogen) atoms. The molecule has 0 spiro atoms. The van der Waals surface area contributed by atoms with Gasteiger partial charge in [0.25, 0.3) is 0 Å². The van der Waals surface area contributed by atoms with E-state index in [9.17, 15) is 4.79 Å². The molecular formula is C54H53F7O2S. The van der Waals surface area contributed by atoms with Gasteiger partial charge in [-0.25, -0.2) is 0 Å². The van der Waals surface area contributed by atoms with Crippen molar-refractivity contribution in [3.05, 3.63) is 56.6 Å². The molecule has 10 heteroatoms. The summed E-state index contributed by atoms with van der Waals surface area (Å²) in [6.45, 7) is 0. The molecule has 31 atom stereocenters. The van der Waals surface area contributed by atoms with Gasteiger partial charge in [-0.3, -0.25) is 4.79 Å². The number of fused-ring (bicyclic) bond motifs is 9. The topological polar surface area (TPSA) is 26.3 Å². The molecule has 336 valence electrons. The largest absolute Gasteiger partial charge is 0.469 e. The highest BCUT2D eigenvalue weighted by molar-refractivity contribution is 7.11. The van der Waals surface area contributed by atoms with E-state index >= 15 is 30.7 Å². The monoisotopic (exact) mass is 898 g/mol. The molecule has 0 amide bonds. The van der Waals surface area contributed by atoms with Crippen LogP contribution in [0.15, 0.2) is 35.5 Å². The Bertz CT molecular complexity index is 2610. The van der Waals surface area contributed by atoms with Crippen molar-refractivity contribution in [1.82, 2.24) is 0 Å². The van der Waals surface area contributed by atoms with Crippen molar-refractivity contribution in [3.8, 4) is 0 Å². The fourth-order valence-electron chi connectivity index (χ4n) is 27.2. The van der Waals surface area contributed by atoms with E-state index in [0.29, 0.717) is 107 Å². The van der Waals surface area contributed by atoms with Crippen LogP contribution in [0.3, 0.4) is 0 Å². The van der Waals surface area contributed by atoms with E-state index in [2.05, 4.69) is 24.3 Å². The second-order valence-corrected chi connectivity index (χ2v) is 27.2. The SMILES string of the molecule is COC(=O)CCCC1(c2sc(F)c3c2C(F)(F)C(F)(F)C(F)(F)C3)C2C3C4C=CC5C6C=CC7C8CCC9C%10CCC%11C%12C%10C%10C9C8C8C9C%13=C(C6C78)C5C4C4C%13C(C9%10)C%12C(C43)C%11C21. The zero-order valence-electron chi connectivity index (χ0n) is 35.7. The lowest BCUT2D eigenvalue weighted by Gasteiger charge is -2.61. The highest BCUT2D eigenvalue weighted by atomic mass is 32.1. The average Bonchev–Trinajstić information content (AvgIpc) is 3.98. The van der Waals surface area contributed by atoms with Crippen molar-refractivity contribution < 1.29 is 40.3 Å². The van der Waals surface area contributed by atoms with Gasteiger partial charge < -0.3 is 4.74 Å². The summed E-state index contributed by atoms with van der Waals surface area (Å²) < 4.78 is 117. The molecule has 2 nitrogen and oxygen atoms in total. The molecule has 0 radical (unpaired) electrons. The Balaban J connectivity index is 0.889. The first-order valence-corrected chi connectivity index (χ1v) is 26.8. The molecule has 0 N–H and O–H groups in total. The maximum Gasteiger partial charge on any atom is 0.376 e. The van der Waals surface area contributed by atoms with Crippen molar-refractivity contribution in [2.75, 3.05) is 7.11 Å². The number of hydrogen-bond acceptors (Lipinski definition) is 3. The molecule has 13 fully saturated rings. The first-order valence-electron chi connectivity index (χ1n) is 26.0. The van der Waals surface area contributed by atoms with Gasteiger partial charge in [-0.1, -0.05) is 35.5 Å². The van der Waals surface area contributed by atoms with E-state index in [-0.39, 0.29) is 40.9 Å². The summed E-state index contributed by atoms with van der Waals surface area (Å²) in [4.78, 5) is 12.8. The highest BCUT2D eigenvalue weighted by Gasteiger charge is 2.91. The van der Waals surface area contributed by atoms with Crippen molar-refractivity contribution in [2.45, 2.75) is 74.5 Å². The Hall–Kier alpha value is -2.10. The van der Waals surface area contributed by atoms with Crippen LogP contribution in [0.4, 0.5) is 30.7 Å². The minimum absolute atomic E-state index is 0.0490. The van der Waals surface area contributed by atoms with Crippen LogP contribution < -0.4 is 0 Å². The molecule has 1 heterocycles. The van der Waals surface area contributed by atoms with Crippen LogP contribution >= 0.6 is 11.3 Å². The summed E-state index contributed by atoms with van der Waals surface area (Å²) in [6, 6.07) is 0. The Labute approximate surface area is 372 Å². The van der Waals surface area contributed by atoms with Gasteiger partial charge in [0, 0.05) is 34.3 Å². The van der Waals surface area contributed by atoms with Gasteiger partial charge in [-0.15, -0.1) is 11.3 Å². The van der Waals surface area contributed by atoms with Crippen molar-refractivity contribution in [1.29, 1.82) is 0 Å². The van der Waals surface area contributed by atoms with Crippen LogP contribution in [0.25, 0.3) is 0 Å². The number of thiophene rings is 1. The number of rotatable bonds is 5. The number of hydrogen-bond donors (Lipinski definition) is 0. The third kappa shape index (κ3) is 3.08. The van der Waals surface area contributed by atoms with E-state index in [1.54, 1.807) is 0 Å². The van der Waals surface area contributed by atoms with Gasteiger partial charge >= 0.3 is 23.7 Å². The summed E-state index contributed by atoms with van der Waals surface area (Å²) in [7, 11) is 1.34. The normalized spacial score (nSPS) is 64.8. The second kappa shape index (κ2) is 10.1. The number of ether oxygens (including phenoxy) is 1. The molecule has 18 aliphatic rings. The first-order chi connectivity index (χ1) is 30.9. The van der Waals surface area contributed by atoms with Gasteiger partial charge in [0.1, 0.15) is 0 Å². The molecule has 19 rings (SSSR count). The summed E-state index contributed by atoms with van der Waals surface area (Å²) >= 11 is 0.509. The summed E-state index contributed by atoms with van der Waals surface area (Å²) in [5, 5.41) is -1.15. The van der Waals surface area contributed by atoms with Crippen LogP contribution in [0.2, 0.25) is 0 Å². The third-order valence-corrected chi connectivity index (χ3v) is 27.9. The highest BCUT2D eigenvalue weighted by Crippen LogP contribution is 2.94. The number of carbonyl (C=O) groups excluding carboxylic acids is 1. The van der Waals surface area contributed by atoms with E-state index in [0.717, 1.165) is 71.5 Å². The molecule has 13 saturated carbocycles. The van der Waals surface area contributed by atoms with Crippen molar-refractivity contribution >= 4 is 17.3 Å². The standard InChI is InChI=1S/C54H53F7O2S/c1-63-23(62)3-2-12-51(49-46-22(50(55)64-49)13-52(56,57)54(60,61)53(46,58)59)47-32-20-10-8-18-16-6-4-14-15-5-7-17-19-9-11-21-31-29(19)36-27(17)25(15)34-24(14)26(16)35-28(18)30(20)37-39(32)40(33(21)48(47)51)38(31)45-43(36)41(34)42(35)44(37)45/h4,6,8,10,14-21,24-34,36-41,43-45,47-48H,2-3,5,7,9,11-13H2,1H3. The summed E-state index contributed by atoms with van der Waals surface area (Å²) in [5.41, 5.74) is 0.856. The zero-order valence-corrected chi connectivity index (χ0v) is 36.5. The van der Waals surface area contributed by atoms with Gasteiger partial charge in [-0.05, 0) is 216 Å². The van der Waals surface area contributed by atoms with Gasteiger partial charge in [0.15, 0.2) is 5.13 Å². The van der Waals surface area contributed by atoms with Crippen LogP contribution in [-0.4, -0.2) is 24.9 Å². The van der Waals surface area contributed by atoms with Gasteiger partial charge in [0.2, 0.25) is 0 Å². The van der Waals surface area contributed by atoms with E-state index < -0.39 is 51.8 Å². The minimum Gasteiger partial charge on any atom is -0.469 e. The van der Waals surface area contributed by atoms with Crippen molar-refractivity contribution in [2.24, 2.45) is 178 Å². The second-order valence-electron chi connectivity index (χ2n) is 26.3. The minimum atomic E-state index is -5.65. The number of carbonyl (C=O) groups is 1. The van der Waals surface area contributed by atoms with Crippen LogP contribution in [-0.2, 0) is 27.3 Å². The lowest BCUT2D eigenvalue weighted by Crippen LogP contribution is -2.58. The molecule has 0 aliphatic heterocycles. The summed E-state index contributed by atoms with van der Waals surface area (Å²) in [5.74, 6) is 0.518. The number of esters is 1. The molecule has 31 unspecified atom stereocenters. The molecule has 0 aromatic carbocycles. The summed E-state index contributed by atoms with van der Waals surface area (Å²) in [6.07, 6.45) is 14.8. The predicted octanol–water partition coefficient (Wildman–Crippen LogP) is 11.1. The smallest absolute Gasteiger partial charge is 0.376 e.